The maximum absolute atomic E-state index is 7.24. The third-order valence-electron chi connectivity index (χ3n) is 1.47. The van der Waals surface area contributed by atoms with Crippen molar-refractivity contribution in [2.24, 2.45) is 5.73 Å². The molecule has 0 aliphatic rings. The monoisotopic (exact) mass is 244 g/mol. The van der Waals surface area contributed by atoms with Crippen molar-refractivity contribution in [3.05, 3.63) is 28.2 Å². The summed E-state index contributed by atoms with van der Waals surface area (Å²) in [4.78, 5) is 1.16. The van der Waals surface area contributed by atoms with Gasteiger partial charge in [0.1, 0.15) is 5.84 Å². The summed E-state index contributed by atoms with van der Waals surface area (Å²) in [6.45, 7) is 0. The number of thioether (sulfide) groups is 1. The topological polar surface area (TPSA) is 49.9 Å². The lowest BCUT2D eigenvalue weighted by atomic mass is 10.2. The van der Waals surface area contributed by atoms with Crippen LogP contribution in [-0.2, 0) is 0 Å². The molecule has 1 aromatic rings. The van der Waals surface area contributed by atoms with Crippen LogP contribution in [0.3, 0.4) is 0 Å². The van der Waals surface area contributed by atoms with Crippen molar-refractivity contribution < 1.29 is 0 Å². The molecule has 0 amide bonds. The zero-order chi connectivity index (χ0) is 9.14. The SMILES string of the molecule is CSc1ccc(C(=N)N)c(Br)c1. The summed E-state index contributed by atoms with van der Waals surface area (Å²) in [6.07, 6.45) is 2.01. The third-order valence-corrected chi connectivity index (χ3v) is 2.85. The molecule has 0 bridgehead atoms. The molecule has 12 heavy (non-hydrogen) atoms. The van der Waals surface area contributed by atoms with Crippen LogP contribution in [0.5, 0.6) is 0 Å². The molecule has 0 radical (unpaired) electrons. The van der Waals surface area contributed by atoms with Gasteiger partial charge in [-0.15, -0.1) is 11.8 Å². The van der Waals surface area contributed by atoms with Gasteiger partial charge in [-0.1, -0.05) is 0 Å². The minimum Gasteiger partial charge on any atom is -0.384 e. The van der Waals surface area contributed by atoms with Gasteiger partial charge in [-0.3, -0.25) is 5.41 Å². The summed E-state index contributed by atoms with van der Waals surface area (Å²) in [7, 11) is 0. The molecule has 0 saturated carbocycles. The van der Waals surface area contributed by atoms with Crippen LogP contribution in [0.1, 0.15) is 5.56 Å². The van der Waals surface area contributed by atoms with Crippen LogP contribution in [-0.4, -0.2) is 12.1 Å². The fourth-order valence-electron chi connectivity index (χ4n) is 0.841. The van der Waals surface area contributed by atoms with Crippen molar-refractivity contribution in [1.82, 2.24) is 0 Å². The molecule has 64 valence electrons. The Kier molecular flexibility index (Phi) is 3.17. The van der Waals surface area contributed by atoms with E-state index in [2.05, 4.69) is 15.9 Å². The summed E-state index contributed by atoms with van der Waals surface area (Å²) in [5.74, 6) is 0.0922. The van der Waals surface area contributed by atoms with Gasteiger partial charge in [0, 0.05) is 14.9 Å². The second-order valence-electron chi connectivity index (χ2n) is 2.26. The van der Waals surface area contributed by atoms with Crippen LogP contribution in [0.25, 0.3) is 0 Å². The number of nitrogen functional groups attached to an aromatic ring is 1. The number of rotatable bonds is 2. The van der Waals surface area contributed by atoms with Crippen molar-refractivity contribution in [3.8, 4) is 0 Å². The minimum absolute atomic E-state index is 0.0922. The van der Waals surface area contributed by atoms with Gasteiger partial charge in [0.05, 0.1) is 0 Å². The average molecular weight is 245 g/mol. The maximum atomic E-state index is 7.24. The summed E-state index contributed by atoms with van der Waals surface area (Å²) in [6, 6.07) is 5.76. The van der Waals surface area contributed by atoms with Crippen LogP contribution < -0.4 is 5.73 Å². The molecule has 2 nitrogen and oxygen atoms in total. The molecule has 0 atom stereocenters. The number of hydrogen-bond donors (Lipinski definition) is 2. The van der Waals surface area contributed by atoms with Gasteiger partial charge >= 0.3 is 0 Å². The van der Waals surface area contributed by atoms with Gasteiger partial charge in [0.2, 0.25) is 0 Å². The van der Waals surface area contributed by atoms with E-state index in [1.807, 2.05) is 24.5 Å². The van der Waals surface area contributed by atoms with E-state index in [4.69, 9.17) is 11.1 Å². The lowest BCUT2D eigenvalue weighted by Gasteiger charge is -2.03. The first-order valence-electron chi connectivity index (χ1n) is 3.33. The lowest BCUT2D eigenvalue weighted by Crippen LogP contribution is -2.11. The second-order valence-corrected chi connectivity index (χ2v) is 3.99. The molecule has 0 aliphatic carbocycles. The normalized spacial score (nSPS) is 9.83. The van der Waals surface area contributed by atoms with E-state index >= 15 is 0 Å². The van der Waals surface area contributed by atoms with Crippen molar-refractivity contribution in [2.75, 3.05) is 6.26 Å². The number of benzene rings is 1. The van der Waals surface area contributed by atoms with Gasteiger partial charge in [-0.05, 0) is 40.4 Å². The minimum atomic E-state index is 0.0922. The molecule has 0 unspecified atom stereocenters. The molecule has 0 aromatic heterocycles. The predicted octanol–water partition coefficient (Wildman–Crippen LogP) is 2.46. The molecule has 0 fully saturated rings. The van der Waals surface area contributed by atoms with Crippen LogP contribution in [0.2, 0.25) is 0 Å². The molecule has 1 aromatic carbocycles. The molecule has 0 spiro atoms. The van der Waals surface area contributed by atoms with Crippen molar-refractivity contribution >= 4 is 33.5 Å². The fourth-order valence-corrected chi connectivity index (χ4v) is 2.02. The van der Waals surface area contributed by atoms with Crippen molar-refractivity contribution in [2.45, 2.75) is 4.90 Å². The lowest BCUT2D eigenvalue weighted by molar-refractivity contribution is 1.37. The Morgan fingerprint density at radius 2 is 2.25 bits per heavy atom. The Bertz CT molecular complexity index is 312. The summed E-state index contributed by atoms with van der Waals surface area (Å²) >= 11 is 5.02. The molecule has 0 heterocycles. The van der Waals surface area contributed by atoms with Gasteiger partial charge in [0.15, 0.2) is 0 Å². The standard InChI is InChI=1S/C8H9BrN2S/c1-12-5-2-3-6(8(10)11)7(9)4-5/h2-4H,1H3,(H3,10,11). The van der Waals surface area contributed by atoms with E-state index in [-0.39, 0.29) is 5.84 Å². The fraction of sp³-hybridized carbons (Fsp3) is 0.125. The average Bonchev–Trinajstić information content (AvgIpc) is 2.03. The first-order chi connectivity index (χ1) is 5.65. The van der Waals surface area contributed by atoms with Gasteiger partial charge in [0.25, 0.3) is 0 Å². The van der Waals surface area contributed by atoms with E-state index in [9.17, 15) is 0 Å². The van der Waals surface area contributed by atoms with Crippen molar-refractivity contribution in [1.29, 1.82) is 5.41 Å². The number of nitrogens with two attached hydrogens (primary N) is 1. The Balaban J connectivity index is 3.12. The Morgan fingerprint density at radius 3 is 2.67 bits per heavy atom. The number of amidine groups is 1. The zero-order valence-corrected chi connectivity index (χ0v) is 9.00. The van der Waals surface area contributed by atoms with E-state index in [0.29, 0.717) is 0 Å². The third kappa shape index (κ3) is 2.01. The number of hydrogen-bond acceptors (Lipinski definition) is 2. The molecular weight excluding hydrogens is 236 g/mol. The van der Waals surface area contributed by atoms with Gasteiger partial charge in [-0.2, -0.15) is 0 Å². The van der Waals surface area contributed by atoms with Gasteiger partial charge in [-0.25, -0.2) is 0 Å². The first kappa shape index (κ1) is 9.61. The number of nitrogens with one attached hydrogen (secondary N) is 1. The highest BCUT2D eigenvalue weighted by atomic mass is 79.9. The Hall–Kier alpha value is -0.480. The highest BCUT2D eigenvalue weighted by molar-refractivity contribution is 9.10. The largest absolute Gasteiger partial charge is 0.384 e. The maximum Gasteiger partial charge on any atom is 0.123 e. The van der Waals surface area contributed by atoms with E-state index in [0.717, 1.165) is 14.9 Å². The molecule has 1 rings (SSSR count). The van der Waals surface area contributed by atoms with E-state index < -0.39 is 0 Å². The van der Waals surface area contributed by atoms with Crippen LogP contribution in [0, 0.1) is 5.41 Å². The quantitative estimate of drug-likeness (QED) is 0.477. The zero-order valence-electron chi connectivity index (χ0n) is 6.60. The first-order valence-corrected chi connectivity index (χ1v) is 5.35. The second kappa shape index (κ2) is 3.96. The predicted molar refractivity (Wildman–Crippen MR) is 56.9 cm³/mol. The van der Waals surface area contributed by atoms with E-state index in [1.165, 1.54) is 0 Å². The highest BCUT2D eigenvalue weighted by Crippen LogP contribution is 2.23. The van der Waals surface area contributed by atoms with Gasteiger partial charge < -0.3 is 5.73 Å². The summed E-state index contributed by atoms with van der Waals surface area (Å²) < 4.78 is 0.877. The van der Waals surface area contributed by atoms with Crippen molar-refractivity contribution in [3.63, 3.8) is 0 Å². The van der Waals surface area contributed by atoms with Crippen LogP contribution in [0.4, 0.5) is 0 Å². The molecule has 4 heteroatoms. The Labute approximate surface area is 84.2 Å². The molecular formula is C8H9BrN2S. The van der Waals surface area contributed by atoms with E-state index in [1.54, 1.807) is 11.8 Å². The molecule has 0 aliphatic heterocycles. The molecule has 3 N–H and O–H groups in total. The highest BCUT2D eigenvalue weighted by Gasteiger charge is 2.02. The smallest absolute Gasteiger partial charge is 0.123 e. The summed E-state index contributed by atoms with van der Waals surface area (Å²) in [5.41, 5.74) is 6.10. The molecule has 0 saturated heterocycles. The van der Waals surface area contributed by atoms with Crippen LogP contribution in [0.15, 0.2) is 27.6 Å². The van der Waals surface area contributed by atoms with Crippen LogP contribution >= 0.6 is 27.7 Å². The Morgan fingerprint density at radius 1 is 1.58 bits per heavy atom. The number of halogens is 1. The summed E-state index contributed by atoms with van der Waals surface area (Å²) in [5, 5.41) is 7.24.